The lowest BCUT2D eigenvalue weighted by Crippen LogP contribution is -2.34. The maximum Gasteiger partial charge on any atom is 0.336 e. The average Bonchev–Trinajstić information content (AvgIpc) is 3.17. The number of benzene rings is 2. The third-order valence-corrected chi connectivity index (χ3v) is 5.84. The highest BCUT2D eigenvalue weighted by Gasteiger charge is 2.44. The number of halogens is 1. The third-order valence-electron chi connectivity index (χ3n) is 5.59. The van der Waals surface area contributed by atoms with Gasteiger partial charge in [-0.25, -0.2) is 4.79 Å². The predicted molar refractivity (Wildman–Crippen MR) is 109 cm³/mol. The molecule has 1 aliphatic rings. The van der Waals surface area contributed by atoms with Crippen molar-refractivity contribution in [3.8, 4) is 0 Å². The van der Waals surface area contributed by atoms with E-state index in [9.17, 15) is 9.59 Å². The summed E-state index contributed by atoms with van der Waals surface area (Å²) in [5, 5.41) is 1.42. The van der Waals surface area contributed by atoms with Crippen LogP contribution in [0.3, 0.4) is 0 Å². The first kappa shape index (κ1) is 18.8. The Hall–Kier alpha value is -2.59. The fourth-order valence-electron chi connectivity index (χ4n) is 4.10. The second-order valence-electron chi connectivity index (χ2n) is 7.46. The molecule has 5 heteroatoms. The Kier molecular flexibility index (Phi) is 4.98. The van der Waals surface area contributed by atoms with E-state index in [1.165, 1.54) is 6.07 Å². The Morgan fingerprint density at radius 1 is 1.11 bits per heavy atom. The Balaban J connectivity index is 1.62. The molecule has 28 heavy (non-hydrogen) atoms. The maximum atomic E-state index is 13.1. The molecule has 1 aliphatic carbocycles. The number of esters is 1. The molecule has 4 nitrogen and oxygen atoms in total. The molecule has 0 amide bonds. The molecule has 144 valence electrons. The lowest BCUT2D eigenvalue weighted by atomic mass is 9.79. The Morgan fingerprint density at radius 3 is 2.54 bits per heavy atom. The van der Waals surface area contributed by atoms with Crippen molar-refractivity contribution in [2.75, 3.05) is 0 Å². The number of fused-ring (bicyclic) bond motifs is 1. The normalized spacial score (nSPS) is 15.6. The van der Waals surface area contributed by atoms with Gasteiger partial charge in [-0.3, -0.25) is 4.79 Å². The highest BCUT2D eigenvalue weighted by Crippen LogP contribution is 2.42. The smallest absolute Gasteiger partial charge is 0.336 e. The predicted octanol–water partition coefficient (Wildman–Crippen LogP) is 5.31. The highest BCUT2D eigenvalue weighted by molar-refractivity contribution is 6.30. The number of carbonyl (C=O) groups excluding carboxylic acids is 1. The largest absolute Gasteiger partial charge is 0.460 e. The first-order valence-corrected chi connectivity index (χ1v) is 9.82. The van der Waals surface area contributed by atoms with Gasteiger partial charge in [-0.15, -0.1) is 0 Å². The summed E-state index contributed by atoms with van der Waals surface area (Å²) in [6.07, 6.45) is 3.47. The first-order chi connectivity index (χ1) is 13.5. The summed E-state index contributed by atoms with van der Waals surface area (Å²) >= 11 is 6.01. The van der Waals surface area contributed by atoms with Crippen molar-refractivity contribution in [2.45, 2.75) is 44.6 Å². The minimum atomic E-state index is -0.642. The zero-order chi connectivity index (χ0) is 19.7. The van der Waals surface area contributed by atoms with Gasteiger partial charge in [0.15, 0.2) is 0 Å². The molecular weight excluding hydrogens is 376 g/mol. The van der Waals surface area contributed by atoms with E-state index in [1.807, 2.05) is 49.4 Å². The fraction of sp³-hybridized carbons (Fsp3) is 0.304. The minimum Gasteiger partial charge on any atom is -0.460 e. The summed E-state index contributed by atoms with van der Waals surface area (Å²) in [6, 6.07) is 14.5. The summed E-state index contributed by atoms with van der Waals surface area (Å²) < 4.78 is 11.0. The SMILES string of the molecule is Cc1ccc2c(COC(=O)C3(c4ccc(Cl)cc4)CCCC3)cc(=O)oc2c1. The summed E-state index contributed by atoms with van der Waals surface area (Å²) in [4.78, 5) is 25.1. The van der Waals surface area contributed by atoms with E-state index >= 15 is 0 Å². The molecule has 4 rings (SSSR count). The van der Waals surface area contributed by atoms with Crippen molar-refractivity contribution in [3.05, 3.63) is 80.7 Å². The lowest BCUT2D eigenvalue weighted by molar-refractivity contribution is -0.152. The van der Waals surface area contributed by atoms with Crippen molar-refractivity contribution in [3.63, 3.8) is 0 Å². The van der Waals surface area contributed by atoms with E-state index in [4.69, 9.17) is 20.8 Å². The van der Waals surface area contributed by atoms with Crippen LogP contribution in [0.25, 0.3) is 11.0 Å². The molecule has 0 unspecified atom stereocenters. The van der Waals surface area contributed by atoms with Gasteiger partial charge in [0.05, 0.1) is 5.41 Å². The second-order valence-corrected chi connectivity index (χ2v) is 7.90. The lowest BCUT2D eigenvalue weighted by Gasteiger charge is -2.27. The van der Waals surface area contributed by atoms with Crippen molar-refractivity contribution >= 4 is 28.5 Å². The van der Waals surface area contributed by atoms with Crippen LogP contribution in [0.1, 0.15) is 42.4 Å². The van der Waals surface area contributed by atoms with Gasteiger partial charge in [0.25, 0.3) is 0 Å². The molecule has 3 aromatic rings. The van der Waals surface area contributed by atoms with Crippen molar-refractivity contribution in [1.29, 1.82) is 0 Å². The first-order valence-electron chi connectivity index (χ1n) is 9.45. The number of aryl methyl sites for hydroxylation is 1. The summed E-state index contributed by atoms with van der Waals surface area (Å²) in [5.74, 6) is -0.249. The van der Waals surface area contributed by atoms with Crippen LogP contribution in [-0.4, -0.2) is 5.97 Å². The number of rotatable bonds is 4. The molecule has 0 saturated heterocycles. The molecule has 1 fully saturated rings. The topological polar surface area (TPSA) is 56.5 Å². The van der Waals surface area contributed by atoms with E-state index in [0.29, 0.717) is 16.2 Å². The maximum absolute atomic E-state index is 13.1. The van der Waals surface area contributed by atoms with Gasteiger partial charge in [0, 0.05) is 22.0 Å². The minimum absolute atomic E-state index is 0.0410. The van der Waals surface area contributed by atoms with Crippen LogP contribution < -0.4 is 5.63 Å². The number of hydrogen-bond acceptors (Lipinski definition) is 4. The fourth-order valence-corrected chi connectivity index (χ4v) is 4.22. The molecule has 0 bridgehead atoms. The zero-order valence-corrected chi connectivity index (χ0v) is 16.4. The molecule has 0 aliphatic heterocycles. The standard InChI is InChI=1S/C23H21ClO4/c1-15-4-9-19-16(13-21(25)28-20(19)12-15)14-27-22(26)23(10-2-3-11-23)17-5-7-18(24)8-6-17/h4-9,12-13H,2-3,10-11,14H2,1H3. The summed E-state index contributed by atoms with van der Waals surface area (Å²) in [6.45, 7) is 1.97. The van der Waals surface area contributed by atoms with Gasteiger partial charge >= 0.3 is 11.6 Å². The van der Waals surface area contributed by atoms with Gasteiger partial charge in [-0.2, -0.15) is 0 Å². The van der Waals surface area contributed by atoms with Crippen molar-refractivity contribution in [2.24, 2.45) is 0 Å². The number of carbonyl (C=O) groups is 1. The molecule has 1 aromatic heterocycles. The van der Waals surface area contributed by atoms with Gasteiger partial charge in [0.2, 0.25) is 0 Å². The van der Waals surface area contributed by atoms with Gasteiger partial charge in [0.1, 0.15) is 12.2 Å². The number of hydrogen-bond donors (Lipinski definition) is 0. The monoisotopic (exact) mass is 396 g/mol. The molecular formula is C23H21ClO4. The van der Waals surface area contributed by atoms with Crippen LogP contribution in [0, 0.1) is 6.92 Å². The number of ether oxygens (including phenoxy) is 1. The van der Waals surface area contributed by atoms with Crippen LogP contribution in [-0.2, 0) is 21.6 Å². The average molecular weight is 397 g/mol. The van der Waals surface area contributed by atoms with E-state index in [2.05, 4.69) is 0 Å². The van der Waals surface area contributed by atoms with Crippen LogP contribution in [0.2, 0.25) is 5.02 Å². The van der Waals surface area contributed by atoms with Crippen LogP contribution >= 0.6 is 11.6 Å². The second kappa shape index (κ2) is 7.44. The van der Waals surface area contributed by atoms with Gasteiger partial charge in [-0.05, 0) is 49.1 Å². The molecule has 0 N–H and O–H groups in total. The summed E-state index contributed by atoms with van der Waals surface area (Å²) in [7, 11) is 0. The third kappa shape index (κ3) is 3.45. The van der Waals surface area contributed by atoms with Gasteiger partial charge < -0.3 is 9.15 Å². The molecule has 1 saturated carbocycles. The van der Waals surface area contributed by atoms with Crippen LogP contribution in [0.4, 0.5) is 0 Å². The van der Waals surface area contributed by atoms with Crippen LogP contribution in [0.15, 0.2) is 57.7 Å². The van der Waals surface area contributed by atoms with Crippen molar-refractivity contribution < 1.29 is 13.9 Å². The molecule has 0 radical (unpaired) electrons. The Bertz CT molecular complexity index is 1080. The van der Waals surface area contributed by atoms with E-state index in [1.54, 1.807) is 0 Å². The van der Waals surface area contributed by atoms with Gasteiger partial charge in [-0.1, -0.05) is 48.7 Å². The molecule has 1 heterocycles. The van der Waals surface area contributed by atoms with Crippen LogP contribution in [0.5, 0.6) is 0 Å². The Labute approximate surface area is 168 Å². The Morgan fingerprint density at radius 2 is 1.82 bits per heavy atom. The molecule has 2 aromatic carbocycles. The van der Waals surface area contributed by atoms with E-state index < -0.39 is 11.0 Å². The highest BCUT2D eigenvalue weighted by atomic mass is 35.5. The van der Waals surface area contributed by atoms with E-state index in [0.717, 1.165) is 42.2 Å². The van der Waals surface area contributed by atoms with Crippen molar-refractivity contribution in [1.82, 2.24) is 0 Å². The summed E-state index contributed by atoms with van der Waals surface area (Å²) in [5.41, 5.74) is 2.01. The zero-order valence-electron chi connectivity index (χ0n) is 15.7. The quantitative estimate of drug-likeness (QED) is 0.443. The molecule has 0 spiro atoms. The van der Waals surface area contributed by atoms with E-state index in [-0.39, 0.29) is 12.6 Å². The molecule has 0 atom stereocenters.